The summed E-state index contributed by atoms with van der Waals surface area (Å²) >= 11 is 6.09. The molecule has 14 heavy (non-hydrogen) atoms. The Balaban J connectivity index is 2.24. The number of likely N-dealkylation sites (N-methyl/N-ethyl adjacent to an activating group) is 1. The second kappa shape index (κ2) is 3.61. The van der Waals surface area contributed by atoms with Crippen molar-refractivity contribution >= 4 is 11.6 Å². The molecule has 1 fully saturated rings. The van der Waals surface area contributed by atoms with Gasteiger partial charge in [-0.1, -0.05) is 17.7 Å². The molecule has 1 aromatic carbocycles. The molecule has 1 aliphatic heterocycles. The molecule has 0 N–H and O–H groups in total. The van der Waals surface area contributed by atoms with Gasteiger partial charge in [-0.2, -0.15) is 5.26 Å². The minimum atomic E-state index is 0.542. The third-order valence-corrected chi connectivity index (χ3v) is 2.96. The van der Waals surface area contributed by atoms with E-state index in [0.29, 0.717) is 11.5 Å². The maximum atomic E-state index is 8.69. The van der Waals surface area contributed by atoms with E-state index in [9.17, 15) is 0 Å². The van der Waals surface area contributed by atoms with Crippen molar-refractivity contribution in [2.24, 2.45) is 0 Å². The highest BCUT2D eigenvalue weighted by molar-refractivity contribution is 6.31. The molecule has 0 spiro atoms. The van der Waals surface area contributed by atoms with Crippen LogP contribution in [0.25, 0.3) is 0 Å². The molecular weight excluding hydrogens is 196 g/mol. The summed E-state index contributed by atoms with van der Waals surface area (Å²) < 4.78 is 0. The summed E-state index contributed by atoms with van der Waals surface area (Å²) in [7, 11) is 2.09. The van der Waals surface area contributed by atoms with E-state index in [1.165, 1.54) is 5.56 Å². The molecule has 0 atom stereocenters. The lowest BCUT2D eigenvalue weighted by molar-refractivity contribution is 0.190. The van der Waals surface area contributed by atoms with Gasteiger partial charge in [0.2, 0.25) is 0 Å². The third kappa shape index (κ3) is 1.61. The van der Waals surface area contributed by atoms with Gasteiger partial charge in [0.25, 0.3) is 0 Å². The monoisotopic (exact) mass is 206 g/mol. The summed E-state index contributed by atoms with van der Waals surface area (Å²) in [5.74, 6) is 0.542. The molecule has 0 bridgehead atoms. The molecule has 0 aromatic heterocycles. The number of hydrogen-bond acceptors (Lipinski definition) is 2. The first-order valence-electron chi connectivity index (χ1n) is 4.59. The Morgan fingerprint density at radius 2 is 2.21 bits per heavy atom. The quantitative estimate of drug-likeness (QED) is 0.705. The van der Waals surface area contributed by atoms with Gasteiger partial charge in [-0.25, -0.2) is 0 Å². The van der Waals surface area contributed by atoms with Crippen molar-refractivity contribution in [2.75, 3.05) is 20.1 Å². The van der Waals surface area contributed by atoms with Crippen LogP contribution >= 0.6 is 11.6 Å². The molecule has 0 radical (unpaired) electrons. The van der Waals surface area contributed by atoms with E-state index >= 15 is 0 Å². The van der Waals surface area contributed by atoms with Crippen LogP contribution in [0.15, 0.2) is 18.2 Å². The van der Waals surface area contributed by atoms with Gasteiger partial charge in [0, 0.05) is 24.0 Å². The minimum absolute atomic E-state index is 0.542. The zero-order chi connectivity index (χ0) is 10.1. The van der Waals surface area contributed by atoms with Gasteiger partial charge in [0.05, 0.1) is 11.6 Å². The van der Waals surface area contributed by atoms with Crippen LogP contribution in [0.4, 0.5) is 0 Å². The van der Waals surface area contributed by atoms with E-state index in [-0.39, 0.29) is 0 Å². The van der Waals surface area contributed by atoms with Crippen LogP contribution in [-0.2, 0) is 0 Å². The van der Waals surface area contributed by atoms with Gasteiger partial charge in [-0.15, -0.1) is 0 Å². The minimum Gasteiger partial charge on any atom is -0.305 e. The van der Waals surface area contributed by atoms with Gasteiger partial charge >= 0.3 is 0 Å². The van der Waals surface area contributed by atoms with Gasteiger partial charge in [-0.05, 0) is 24.7 Å². The van der Waals surface area contributed by atoms with Gasteiger partial charge < -0.3 is 4.90 Å². The van der Waals surface area contributed by atoms with E-state index in [0.717, 1.165) is 18.1 Å². The van der Waals surface area contributed by atoms with Crippen molar-refractivity contribution < 1.29 is 0 Å². The largest absolute Gasteiger partial charge is 0.305 e. The summed E-state index contributed by atoms with van der Waals surface area (Å²) in [5, 5.41) is 9.41. The molecule has 0 aliphatic carbocycles. The maximum absolute atomic E-state index is 8.69. The number of rotatable bonds is 1. The molecule has 0 unspecified atom stereocenters. The first-order chi connectivity index (χ1) is 6.70. The van der Waals surface area contributed by atoms with Crippen LogP contribution < -0.4 is 0 Å². The van der Waals surface area contributed by atoms with E-state index in [2.05, 4.69) is 18.0 Å². The van der Waals surface area contributed by atoms with Crippen LogP contribution in [0.1, 0.15) is 17.0 Å². The van der Waals surface area contributed by atoms with E-state index in [4.69, 9.17) is 16.9 Å². The van der Waals surface area contributed by atoms with Gasteiger partial charge in [-0.3, -0.25) is 0 Å². The Morgan fingerprint density at radius 1 is 1.50 bits per heavy atom. The van der Waals surface area contributed by atoms with Crippen molar-refractivity contribution in [3.63, 3.8) is 0 Å². The number of hydrogen-bond donors (Lipinski definition) is 0. The molecule has 1 aliphatic rings. The predicted octanol–water partition coefficient (Wildman–Crippen LogP) is 2.24. The van der Waals surface area contributed by atoms with Crippen LogP contribution in [0, 0.1) is 11.3 Å². The SMILES string of the molecule is CN1CC(c2ccc(C#N)cc2Cl)C1. The number of halogens is 1. The maximum Gasteiger partial charge on any atom is 0.0992 e. The first-order valence-corrected chi connectivity index (χ1v) is 4.96. The van der Waals surface area contributed by atoms with Crippen molar-refractivity contribution in [3.05, 3.63) is 34.3 Å². The fourth-order valence-electron chi connectivity index (χ4n) is 1.82. The van der Waals surface area contributed by atoms with E-state index in [1.54, 1.807) is 6.07 Å². The number of likely N-dealkylation sites (tertiary alicyclic amines) is 1. The Bertz CT molecular complexity index is 389. The lowest BCUT2D eigenvalue weighted by Crippen LogP contribution is -2.41. The Morgan fingerprint density at radius 3 is 2.71 bits per heavy atom. The average molecular weight is 207 g/mol. The van der Waals surface area contributed by atoms with Crippen molar-refractivity contribution in [1.29, 1.82) is 5.26 Å². The second-order valence-electron chi connectivity index (χ2n) is 3.77. The van der Waals surface area contributed by atoms with Crippen molar-refractivity contribution in [3.8, 4) is 6.07 Å². The van der Waals surface area contributed by atoms with E-state index in [1.807, 2.05) is 12.1 Å². The molecule has 0 saturated carbocycles. The number of benzene rings is 1. The Labute approximate surface area is 88.7 Å². The second-order valence-corrected chi connectivity index (χ2v) is 4.17. The molecule has 2 rings (SSSR count). The molecule has 3 heteroatoms. The zero-order valence-corrected chi connectivity index (χ0v) is 8.75. The van der Waals surface area contributed by atoms with Crippen LogP contribution in [0.2, 0.25) is 5.02 Å². The molecular formula is C11H11ClN2. The fourth-order valence-corrected chi connectivity index (χ4v) is 2.16. The summed E-state index contributed by atoms with van der Waals surface area (Å²) in [6.07, 6.45) is 0. The number of nitriles is 1. The molecule has 0 amide bonds. The zero-order valence-electron chi connectivity index (χ0n) is 8.00. The summed E-state index contributed by atoms with van der Waals surface area (Å²) in [6, 6.07) is 7.63. The molecule has 1 aromatic rings. The Kier molecular flexibility index (Phi) is 2.45. The first kappa shape index (κ1) is 9.51. The molecule has 2 nitrogen and oxygen atoms in total. The standard InChI is InChI=1S/C11H11ClN2/c1-14-6-9(7-14)10-3-2-8(5-13)4-11(10)12/h2-4,9H,6-7H2,1H3. The van der Waals surface area contributed by atoms with Gasteiger partial charge in [0.15, 0.2) is 0 Å². The summed E-state index contributed by atoms with van der Waals surface area (Å²) in [5.41, 5.74) is 1.80. The van der Waals surface area contributed by atoms with Crippen LogP contribution in [0.5, 0.6) is 0 Å². The molecule has 1 saturated heterocycles. The Hall–Kier alpha value is -1.04. The highest BCUT2D eigenvalue weighted by Crippen LogP contribution is 2.31. The topological polar surface area (TPSA) is 27.0 Å². The van der Waals surface area contributed by atoms with Gasteiger partial charge in [0.1, 0.15) is 0 Å². The summed E-state index contributed by atoms with van der Waals surface area (Å²) in [6.45, 7) is 2.12. The normalized spacial score (nSPS) is 17.5. The highest BCUT2D eigenvalue weighted by Gasteiger charge is 2.26. The average Bonchev–Trinajstić information content (AvgIpc) is 2.13. The lowest BCUT2D eigenvalue weighted by atomic mass is 9.91. The third-order valence-electron chi connectivity index (χ3n) is 2.63. The fraction of sp³-hybridized carbons (Fsp3) is 0.364. The number of nitrogens with zero attached hydrogens (tertiary/aromatic N) is 2. The van der Waals surface area contributed by atoms with Crippen LogP contribution in [-0.4, -0.2) is 25.0 Å². The predicted molar refractivity (Wildman–Crippen MR) is 56.4 cm³/mol. The van der Waals surface area contributed by atoms with Crippen molar-refractivity contribution in [1.82, 2.24) is 4.90 Å². The van der Waals surface area contributed by atoms with E-state index < -0.39 is 0 Å². The molecule has 1 heterocycles. The molecule has 72 valence electrons. The summed E-state index contributed by atoms with van der Waals surface area (Å²) in [4.78, 5) is 2.25. The lowest BCUT2D eigenvalue weighted by Gasteiger charge is -2.36. The van der Waals surface area contributed by atoms with Crippen LogP contribution in [0.3, 0.4) is 0 Å². The highest BCUT2D eigenvalue weighted by atomic mass is 35.5. The van der Waals surface area contributed by atoms with Crippen molar-refractivity contribution in [2.45, 2.75) is 5.92 Å². The smallest absolute Gasteiger partial charge is 0.0992 e.